The van der Waals surface area contributed by atoms with E-state index in [1.807, 2.05) is 4.98 Å². The average Bonchev–Trinajstić information content (AvgIpc) is 2.52. The summed E-state index contributed by atoms with van der Waals surface area (Å²) in [4.78, 5) is 59.9. The Hall–Kier alpha value is -3.02. The van der Waals surface area contributed by atoms with E-state index in [0.29, 0.717) is 0 Å². The zero-order valence-electron chi connectivity index (χ0n) is 15.0. The van der Waals surface area contributed by atoms with Crippen molar-refractivity contribution < 1.29 is 33.3 Å². The molecule has 0 bridgehead atoms. The van der Waals surface area contributed by atoms with Gasteiger partial charge in [0.05, 0.1) is 6.10 Å². The Morgan fingerprint density at radius 1 is 1.00 bits per heavy atom. The topological polar surface area (TPSA) is 156 Å². The van der Waals surface area contributed by atoms with Gasteiger partial charge in [-0.25, -0.2) is 4.79 Å². The SMILES string of the molecule is CC(=O)O[C@H]1[C@@H](OC(C)=O)[C@H](C)O[C@@H](n2ncc(=O)[nH]c2=O)[C@H]1OC(C)=O. The quantitative estimate of drug-likeness (QED) is 0.485. The maximum atomic E-state index is 12.1. The summed E-state index contributed by atoms with van der Waals surface area (Å²) in [5, 5.41) is 3.69. The first-order valence-electron chi connectivity index (χ1n) is 7.95. The normalized spacial score (nSPS) is 27.5. The van der Waals surface area contributed by atoms with Gasteiger partial charge in [-0.2, -0.15) is 9.78 Å². The molecule has 148 valence electrons. The summed E-state index contributed by atoms with van der Waals surface area (Å²) in [7, 11) is 0. The van der Waals surface area contributed by atoms with Crippen LogP contribution >= 0.6 is 0 Å². The predicted molar refractivity (Wildman–Crippen MR) is 85.4 cm³/mol. The predicted octanol–water partition coefficient (Wildman–Crippen LogP) is -1.36. The lowest BCUT2D eigenvalue weighted by Gasteiger charge is -2.43. The van der Waals surface area contributed by atoms with Crippen LogP contribution in [-0.2, 0) is 33.3 Å². The van der Waals surface area contributed by atoms with Gasteiger partial charge < -0.3 is 18.9 Å². The monoisotopic (exact) mass is 385 g/mol. The van der Waals surface area contributed by atoms with Gasteiger partial charge in [-0.15, -0.1) is 0 Å². The summed E-state index contributed by atoms with van der Waals surface area (Å²) >= 11 is 0. The zero-order valence-corrected chi connectivity index (χ0v) is 15.0. The molecule has 2 heterocycles. The Morgan fingerprint density at radius 3 is 2.04 bits per heavy atom. The van der Waals surface area contributed by atoms with E-state index in [-0.39, 0.29) is 0 Å². The average molecular weight is 385 g/mol. The molecule has 0 aliphatic carbocycles. The first-order chi connectivity index (χ1) is 12.6. The van der Waals surface area contributed by atoms with E-state index in [9.17, 15) is 24.0 Å². The summed E-state index contributed by atoms with van der Waals surface area (Å²) in [6, 6.07) is 0. The summed E-state index contributed by atoms with van der Waals surface area (Å²) in [5.41, 5.74) is -1.66. The highest BCUT2D eigenvalue weighted by molar-refractivity contribution is 5.68. The van der Waals surface area contributed by atoms with Crippen LogP contribution in [0, 0.1) is 0 Å². The van der Waals surface area contributed by atoms with Gasteiger partial charge >= 0.3 is 23.6 Å². The van der Waals surface area contributed by atoms with E-state index in [1.165, 1.54) is 6.92 Å². The molecule has 0 amide bonds. The molecule has 2 rings (SSSR count). The lowest BCUT2D eigenvalue weighted by atomic mass is 9.98. The van der Waals surface area contributed by atoms with Crippen molar-refractivity contribution in [3.8, 4) is 0 Å². The number of carbonyl (C=O) groups excluding carboxylic acids is 3. The highest BCUT2D eigenvalue weighted by atomic mass is 16.7. The molecule has 1 aromatic rings. The molecule has 0 radical (unpaired) electrons. The van der Waals surface area contributed by atoms with Crippen LogP contribution < -0.4 is 11.2 Å². The van der Waals surface area contributed by atoms with Crippen molar-refractivity contribution >= 4 is 17.9 Å². The van der Waals surface area contributed by atoms with Crippen LogP contribution in [0.1, 0.15) is 33.9 Å². The van der Waals surface area contributed by atoms with Gasteiger partial charge in [-0.3, -0.25) is 24.2 Å². The second-order valence-corrected chi connectivity index (χ2v) is 5.84. The standard InChI is InChI=1S/C15H19N3O9/c1-6-11(25-7(2)19)12(26-8(3)20)13(27-9(4)21)14(24-6)18-15(23)17-10(22)5-16-18/h5-6,11-14H,1-4H3,(H,17,22,23)/t6-,11-,12-,13-,14+/m0/s1. The third-order valence-electron chi connectivity index (χ3n) is 3.63. The first-order valence-corrected chi connectivity index (χ1v) is 7.95. The largest absolute Gasteiger partial charge is 0.456 e. The molecule has 1 aromatic heterocycles. The Kier molecular flexibility index (Phi) is 6.10. The van der Waals surface area contributed by atoms with Crippen LogP contribution in [-0.4, -0.2) is 57.1 Å². The lowest BCUT2D eigenvalue weighted by molar-refractivity contribution is -0.262. The Morgan fingerprint density at radius 2 is 1.52 bits per heavy atom. The molecule has 1 aliphatic heterocycles. The van der Waals surface area contributed by atoms with Crippen LogP contribution in [0.25, 0.3) is 0 Å². The van der Waals surface area contributed by atoms with E-state index < -0.39 is 59.8 Å². The summed E-state index contributed by atoms with van der Waals surface area (Å²) in [6.45, 7) is 4.88. The van der Waals surface area contributed by atoms with E-state index in [2.05, 4.69) is 5.10 Å². The van der Waals surface area contributed by atoms with E-state index in [1.54, 1.807) is 0 Å². The van der Waals surface area contributed by atoms with Crippen LogP contribution in [0.2, 0.25) is 0 Å². The minimum atomic E-state index is -1.37. The van der Waals surface area contributed by atoms with Gasteiger partial charge in [-0.05, 0) is 6.92 Å². The van der Waals surface area contributed by atoms with Gasteiger partial charge in [-0.1, -0.05) is 0 Å². The van der Waals surface area contributed by atoms with Crippen molar-refractivity contribution in [1.82, 2.24) is 14.8 Å². The number of hydrogen-bond donors (Lipinski definition) is 1. The summed E-state index contributed by atoms with van der Waals surface area (Å²) < 4.78 is 22.0. The van der Waals surface area contributed by atoms with Crippen LogP contribution in [0.3, 0.4) is 0 Å². The van der Waals surface area contributed by atoms with Crippen LogP contribution in [0.4, 0.5) is 0 Å². The minimum Gasteiger partial charge on any atom is -0.456 e. The summed E-state index contributed by atoms with van der Waals surface area (Å²) in [5.74, 6) is -2.17. The lowest BCUT2D eigenvalue weighted by Crippen LogP contribution is -2.60. The van der Waals surface area contributed by atoms with Gasteiger partial charge in [0, 0.05) is 20.8 Å². The fourth-order valence-corrected chi connectivity index (χ4v) is 2.73. The number of ether oxygens (including phenoxy) is 4. The highest BCUT2D eigenvalue weighted by Crippen LogP contribution is 2.33. The molecule has 1 aliphatic rings. The molecule has 1 N–H and O–H groups in total. The fraction of sp³-hybridized carbons (Fsp3) is 0.600. The van der Waals surface area contributed by atoms with E-state index >= 15 is 0 Å². The number of carbonyl (C=O) groups is 3. The number of aromatic nitrogens is 3. The molecule has 5 atom stereocenters. The fourth-order valence-electron chi connectivity index (χ4n) is 2.73. The van der Waals surface area contributed by atoms with Crippen LogP contribution in [0.5, 0.6) is 0 Å². The van der Waals surface area contributed by atoms with Crippen molar-refractivity contribution in [1.29, 1.82) is 0 Å². The third kappa shape index (κ3) is 4.78. The number of H-pyrrole nitrogens is 1. The van der Waals surface area contributed by atoms with Crippen molar-refractivity contribution in [3.63, 3.8) is 0 Å². The second kappa shape index (κ2) is 8.12. The van der Waals surface area contributed by atoms with Gasteiger partial charge in [0.15, 0.2) is 24.5 Å². The molecule has 0 aromatic carbocycles. The Bertz CT molecular complexity index is 845. The first kappa shape index (κ1) is 20.3. The van der Waals surface area contributed by atoms with Gasteiger partial charge in [0.1, 0.15) is 6.20 Å². The van der Waals surface area contributed by atoms with Crippen molar-refractivity contribution in [2.45, 2.75) is 58.3 Å². The third-order valence-corrected chi connectivity index (χ3v) is 3.63. The number of rotatable bonds is 4. The molecule has 12 heteroatoms. The van der Waals surface area contributed by atoms with E-state index in [4.69, 9.17) is 18.9 Å². The van der Waals surface area contributed by atoms with E-state index in [0.717, 1.165) is 31.6 Å². The smallest absolute Gasteiger partial charge is 0.347 e. The van der Waals surface area contributed by atoms with Crippen molar-refractivity contribution in [2.75, 3.05) is 0 Å². The zero-order chi connectivity index (χ0) is 20.3. The highest BCUT2D eigenvalue weighted by Gasteiger charge is 2.51. The Labute approximate surface area is 152 Å². The second-order valence-electron chi connectivity index (χ2n) is 5.84. The van der Waals surface area contributed by atoms with Crippen molar-refractivity contribution in [3.05, 3.63) is 27.0 Å². The molecule has 27 heavy (non-hydrogen) atoms. The molecule has 1 saturated heterocycles. The molecule has 0 unspecified atom stereocenters. The Balaban J connectivity index is 2.53. The van der Waals surface area contributed by atoms with Gasteiger partial charge in [0.2, 0.25) is 0 Å². The molecular formula is C15H19N3O9. The van der Waals surface area contributed by atoms with Crippen molar-refractivity contribution in [2.24, 2.45) is 0 Å². The molecule has 12 nitrogen and oxygen atoms in total. The summed E-state index contributed by atoms with van der Waals surface area (Å²) in [6.07, 6.45) is -5.13. The molecule has 0 saturated carbocycles. The molecule has 1 fully saturated rings. The maximum Gasteiger partial charge on any atom is 0.347 e. The number of nitrogens with zero attached hydrogens (tertiary/aromatic N) is 2. The van der Waals surface area contributed by atoms with Gasteiger partial charge in [0.25, 0.3) is 5.56 Å². The number of aromatic amines is 1. The molecule has 0 spiro atoms. The number of hydrogen-bond acceptors (Lipinski definition) is 10. The maximum absolute atomic E-state index is 12.1. The minimum absolute atomic E-state index is 0.674. The molecular weight excluding hydrogens is 366 g/mol. The number of esters is 3. The number of nitrogens with one attached hydrogen (secondary N) is 1. The van der Waals surface area contributed by atoms with Crippen LogP contribution in [0.15, 0.2) is 15.8 Å².